The number of carbonyl (C=O) groups excluding carboxylic acids is 2. The number of pyridine rings is 1. The summed E-state index contributed by atoms with van der Waals surface area (Å²) in [6.07, 6.45) is 3.26. The van der Waals surface area contributed by atoms with Crippen molar-refractivity contribution in [3.8, 4) is 10.7 Å². The van der Waals surface area contributed by atoms with Crippen LogP contribution in [0.5, 0.6) is 0 Å². The molecule has 140 valence electrons. The minimum atomic E-state index is -0.584. The number of ether oxygens (including phenoxy) is 1. The van der Waals surface area contributed by atoms with Gasteiger partial charge in [0.15, 0.2) is 6.61 Å². The minimum Gasteiger partial charge on any atom is -0.451 e. The molecule has 3 heterocycles. The molecule has 0 saturated heterocycles. The second kappa shape index (κ2) is 8.09. The van der Waals surface area contributed by atoms with Crippen LogP contribution in [0.3, 0.4) is 0 Å². The number of thiazole rings is 1. The van der Waals surface area contributed by atoms with E-state index in [0.29, 0.717) is 27.1 Å². The first kappa shape index (κ1) is 18.7. The van der Waals surface area contributed by atoms with Crippen molar-refractivity contribution in [2.24, 2.45) is 0 Å². The highest BCUT2D eigenvalue weighted by molar-refractivity contribution is 7.17. The average Bonchev–Trinajstić information content (AvgIpc) is 3.27. The molecular formula is C18H19N5O3S. The average molecular weight is 385 g/mol. The Hall–Kier alpha value is -3.07. The molecule has 9 heteroatoms. The van der Waals surface area contributed by atoms with E-state index in [1.807, 2.05) is 32.0 Å². The first-order chi connectivity index (χ1) is 13.0. The second-order valence-corrected chi connectivity index (χ2v) is 7.03. The largest absolute Gasteiger partial charge is 0.451 e. The van der Waals surface area contributed by atoms with Gasteiger partial charge in [-0.3, -0.25) is 9.78 Å². The number of hydrogen-bond acceptors (Lipinski definition) is 7. The number of amides is 1. The van der Waals surface area contributed by atoms with Gasteiger partial charge in [-0.25, -0.2) is 14.5 Å². The fourth-order valence-electron chi connectivity index (χ4n) is 2.38. The molecule has 0 aliphatic carbocycles. The Kier molecular flexibility index (Phi) is 5.60. The van der Waals surface area contributed by atoms with Crippen LogP contribution in [0, 0.1) is 6.92 Å². The first-order valence-corrected chi connectivity index (χ1v) is 9.16. The summed E-state index contributed by atoms with van der Waals surface area (Å²) in [7, 11) is 0. The molecule has 3 rings (SSSR count). The zero-order valence-electron chi connectivity index (χ0n) is 15.2. The van der Waals surface area contributed by atoms with Crippen molar-refractivity contribution < 1.29 is 14.3 Å². The van der Waals surface area contributed by atoms with Gasteiger partial charge in [0.2, 0.25) is 0 Å². The van der Waals surface area contributed by atoms with E-state index in [0.717, 1.165) is 0 Å². The lowest BCUT2D eigenvalue weighted by Gasteiger charge is -2.11. The molecule has 0 aliphatic heterocycles. The quantitative estimate of drug-likeness (QED) is 0.655. The van der Waals surface area contributed by atoms with Crippen LogP contribution in [0.25, 0.3) is 10.7 Å². The van der Waals surface area contributed by atoms with Crippen molar-refractivity contribution in [3.63, 3.8) is 0 Å². The minimum absolute atomic E-state index is 0.0997. The van der Waals surface area contributed by atoms with E-state index in [2.05, 4.69) is 20.4 Å². The Balaban J connectivity index is 1.62. The van der Waals surface area contributed by atoms with Gasteiger partial charge in [-0.2, -0.15) is 5.10 Å². The lowest BCUT2D eigenvalue weighted by atomic mass is 10.3. The van der Waals surface area contributed by atoms with Gasteiger partial charge in [0.1, 0.15) is 15.7 Å². The molecule has 1 N–H and O–H groups in total. The van der Waals surface area contributed by atoms with Crippen molar-refractivity contribution in [1.82, 2.24) is 19.7 Å². The van der Waals surface area contributed by atoms with E-state index in [1.165, 1.54) is 11.3 Å². The van der Waals surface area contributed by atoms with Crippen LogP contribution in [0.15, 0.2) is 36.7 Å². The summed E-state index contributed by atoms with van der Waals surface area (Å²) in [5, 5.41) is 7.45. The highest BCUT2D eigenvalue weighted by Crippen LogP contribution is 2.26. The van der Waals surface area contributed by atoms with E-state index in [4.69, 9.17) is 4.74 Å². The predicted molar refractivity (Wildman–Crippen MR) is 102 cm³/mol. The molecular weight excluding hydrogens is 366 g/mol. The Bertz CT molecular complexity index is 949. The molecule has 0 unspecified atom stereocenters. The molecule has 0 fully saturated rings. The van der Waals surface area contributed by atoms with Crippen LogP contribution in [0.1, 0.15) is 35.3 Å². The topological polar surface area (TPSA) is 99.0 Å². The van der Waals surface area contributed by atoms with Crippen molar-refractivity contribution in [3.05, 3.63) is 47.2 Å². The number of esters is 1. The number of rotatable bonds is 6. The molecule has 0 aliphatic rings. The monoisotopic (exact) mass is 385 g/mol. The fraction of sp³-hybridized carbons (Fsp3) is 0.278. The third-order valence-electron chi connectivity index (χ3n) is 3.63. The molecule has 3 aromatic heterocycles. The number of nitrogens with zero attached hydrogens (tertiary/aromatic N) is 4. The lowest BCUT2D eigenvalue weighted by molar-refractivity contribution is -0.119. The van der Waals surface area contributed by atoms with Crippen LogP contribution in [0.4, 0.5) is 5.82 Å². The van der Waals surface area contributed by atoms with E-state index in [-0.39, 0.29) is 6.04 Å². The molecule has 1 amide bonds. The van der Waals surface area contributed by atoms with Gasteiger partial charge in [-0.15, -0.1) is 11.3 Å². The maximum absolute atomic E-state index is 12.3. The number of carbonyl (C=O) groups is 2. The maximum Gasteiger partial charge on any atom is 0.350 e. The van der Waals surface area contributed by atoms with Gasteiger partial charge in [0, 0.05) is 18.3 Å². The van der Waals surface area contributed by atoms with Gasteiger partial charge in [-0.1, -0.05) is 6.07 Å². The SMILES string of the molecule is Cc1nc(-c2ccccn2)sc1C(=O)OCC(=O)Nc1ccnn1C(C)C. The van der Waals surface area contributed by atoms with Gasteiger partial charge < -0.3 is 10.1 Å². The molecule has 27 heavy (non-hydrogen) atoms. The lowest BCUT2D eigenvalue weighted by Crippen LogP contribution is -2.23. The van der Waals surface area contributed by atoms with Crippen LogP contribution < -0.4 is 5.32 Å². The van der Waals surface area contributed by atoms with Crippen molar-refractivity contribution in [2.75, 3.05) is 11.9 Å². The molecule has 0 atom stereocenters. The van der Waals surface area contributed by atoms with E-state index >= 15 is 0 Å². The fourth-order valence-corrected chi connectivity index (χ4v) is 3.32. The summed E-state index contributed by atoms with van der Waals surface area (Å²) < 4.78 is 6.81. The Morgan fingerprint density at radius 3 is 2.78 bits per heavy atom. The Labute approximate surface area is 160 Å². The Morgan fingerprint density at radius 1 is 1.26 bits per heavy atom. The van der Waals surface area contributed by atoms with Gasteiger partial charge in [0.25, 0.3) is 5.91 Å². The molecule has 0 bridgehead atoms. The molecule has 0 spiro atoms. The Morgan fingerprint density at radius 2 is 2.07 bits per heavy atom. The van der Waals surface area contributed by atoms with Crippen molar-refractivity contribution in [2.45, 2.75) is 26.8 Å². The predicted octanol–water partition coefficient (Wildman–Crippen LogP) is 3.09. The number of nitrogens with one attached hydrogen (secondary N) is 1. The van der Waals surface area contributed by atoms with E-state index in [1.54, 1.807) is 30.1 Å². The summed E-state index contributed by atoms with van der Waals surface area (Å²) in [6.45, 7) is 5.24. The third-order valence-corrected chi connectivity index (χ3v) is 4.79. The van der Waals surface area contributed by atoms with Gasteiger partial charge in [0.05, 0.1) is 17.6 Å². The molecule has 3 aromatic rings. The summed E-state index contributed by atoms with van der Waals surface area (Å²) in [4.78, 5) is 33.3. The van der Waals surface area contributed by atoms with Crippen molar-refractivity contribution >= 4 is 29.0 Å². The zero-order chi connectivity index (χ0) is 19.4. The van der Waals surface area contributed by atoms with Crippen LogP contribution in [0.2, 0.25) is 0 Å². The van der Waals surface area contributed by atoms with Crippen LogP contribution in [-0.4, -0.2) is 38.2 Å². The van der Waals surface area contributed by atoms with E-state index in [9.17, 15) is 9.59 Å². The summed E-state index contributed by atoms with van der Waals surface area (Å²) >= 11 is 1.19. The summed E-state index contributed by atoms with van der Waals surface area (Å²) in [6, 6.07) is 7.26. The van der Waals surface area contributed by atoms with Crippen molar-refractivity contribution in [1.29, 1.82) is 0 Å². The standard InChI is InChI=1S/C18H19N5O3S/c1-11(2)23-14(7-9-20-23)22-15(24)10-26-18(25)16-12(3)21-17(27-16)13-6-4-5-8-19-13/h4-9,11H,10H2,1-3H3,(H,22,24). The molecule has 8 nitrogen and oxygen atoms in total. The maximum atomic E-state index is 12.3. The number of aryl methyl sites for hydroxylation is 1. The summed E-state index contributed by atoms with van der Waals surface area (Å²) in [5.74, 6) is -0.463. The van der Waals surface area contributed by atoms with Crippen LogP contribution in [-0.2, 0) is 9.53 Å². The number of hydrogen-bond donors (Lipinski definition) is 1. The smallest absolute Gasteiger partial charge is 0.350 e. The highest BCUT2D eigenvalue weighted by Gasteiger charge is 2.19. The normalized spacial score (nSPS) is 10.8. The zero-order valence-corrected chi connectivity index (χ0v) is 16.0. The number of anilines is 1. The molecule has 0 radical (unpaired) electrons. The van der Waals surface area contributed by atoms with E-state index < -0.39 is 18.5 Å². The van der Waals surface area contributed by atoms with Crippen LogP contribution >= 0.6 is 11.3 Å². The molecule has 0 aromatic carbocycles. The second-order valence-electron chi connectivity index (χ2n) is 6.03. The first-order valence-electron chi connectivity index (χ1n) is 8.35. The highest BCUT2D eigenvalue weighted by atomic mass is 32.1. The third kappa shape index (κ3) is 4.37. The van der Waals surface area contributed by atoms with Gasteiger partial charge in [-0.05, 0) is 32.9 Å². The van der Waals surface area contributed by atoms with Gasteiger partial charge >= 0.3 is 5.97 Å². The number of aromatic nitrogens is 4. The summed E-state index contributed by atoms with van der Waals surface area (Å²) in [5.41, 5.74) is 1.23. The molecule has 0 saturated carbocycles.